The molecule has 0 unspecified atom stereocenters. The average molecular weight is 432 g/mol. The number of fused-ring (bicyclic) bond motifs is 1. The average Bonchev–Trinajstić information content (AvgIpc) is 3.09. The highest BCUT2D eigenvalue weighted by atomic mass is 32.2. The molecule has 0 aliphatic rings. The SMILES string of the molecule is CS(=O)(=O)c1cccc(Nc2nc3cccc(-c4cccc(C(F)(F)F)c4)c3o2)c1. The molecule has 0 saturated heterocycles. The summed E-state index contributed by atoms with van der Waals surface area (Å²) < 4.78 is 68.4. The Balaban J connectivity index is 1.73. The highest BCUT2D eigenvalue weighted by molar-refractivity contribution is 7.90. The van der Waals surface area contributed by atoms with Crippen molar-refractivity contribution in [3.05, 3.63) is 72.3 Å². The normalized spacial score (nSPS) is 12.3. The number of rotatable bonds is 4. The molecule has 3 aromatic carbocycles. The number of para-hydroxylation sites is 1. The molecule has 0 bridgehead atoms. The van der Waals surface area contributed by atoms with E-state index >= 15 is 0 Å². The zero-order valence-corrected chi connectivity index (χ0v) is 16.4. The summed E-state index contributed by atoms with van der Waals surface area (Å²) in [6, 6.07) is 16.2. The smallest absolute Gasteiger partial charge is 0.416 e. The summed E-state index contributed by atoms with van der Waals surface area (Å²) in [5.74, 6) is 0. The van der Waals surface area contributed by atoms with Crippen molar-refractivity contribution in [1.29, 1.82) is 0 Å². The lowest BCUT2D eigenvalue weighted by molar-refractivity contribution is -0.137. The Morgan fingerprint density at radius 3 is 2.43 bits per heavy atom. The molecule has 0 atom stereocenters. The van der Waals surface area contributed by atoms with Gasteiger partial charge in [0.2, 0.25) is 0 Å². The molecule has 0 radical (unpaired) electrons. The van der Waals surface area contributed by atoms with Gasteiger partial charge in [-0.1, -0.05) is 30.3 Å². The number of sulfone groups is 1. The molecule has 9 heteroatoms. The lowest BCUT2D eigenvalue weighted by atomic mass is 10.0. The van der Waals surface area contributed by atoms with Gasteiger partial charge in [-0.05, 0) is 42.0 Å². The topological polar surface area (TPSA) is 72.2 Å². The highest BCUT2D eigenvalue weighted by Crippen LogP contribution is 2.35. The van der Waals surface area contributed by atoms with Gasteiger partial charge in [0.05, 0.1) is 10.5 Å². The number of halogens is 3. The Morgan fingerprint density at radius 1 is 0.967 bits per heavy atom. The zero-order chi connectivity index (χ0) is 21.5. The Morgan fingerprint density at radius 2 is 1.70 bits per heavy atom. The van der Waals surface area contributed by atoms with E-state index in [0.717, 1.165) is 18.4 Å². The standard InChI is InChI=1S/C21H15F3N2O3S/c1-30(27,28)16-8-3-7-15(12-16)25-20-26-18-10-4-9-17(19(18)29-20)13-5-2-6-14(11-13)21(22,23)24/h2-12H,1H3,(H,25,26). The van der Waals surface area contributed by atoms with Crippen molar-refractivity contribution < 1.29 is 26.0 Å². The number of nitrogens with one attached hydrogen (secondary N) is 1. The summed E-state index contributed by atoms with van der Waals surface area (Å²) in [7, 11) is -3.38. The monoisotopic (exact) mass is 432 g/mol. The molecule has 5 nitrogen and oxygen atoms in total. The van der Waals surface area contributed by atoms with Crippen molar-refractivity contribution in [2.75, 3.05) is 11.6 Å². The zero-order valence-electron chi connectivity index (χ0n) is 15.6. The molecule has 1 N–H and O–H groups in total. The first-order valence-electron chi connectivity index (χ1n) is 8.75. The van der Waals surface area contributed by atoms with Crippen molar-refractivity contribution in [1.82, 2.24) is 4.98 Å². The first-order chi connectivity index (χ1) is 14.1. The van der Waals surface area contributed by atoms with Crippen molar-refractivity contribution in [2.45, 2.75) is 11.1 Å². The minimum atomic E-state index is -4.46. The molecule has 0 fully saturated rings. The van der Waals surface area contributed by atoms with Gasteiger partial charge in [0.25, 0.3) is 6.01 Å². The Hall–Kier alpha value is -3.33. The molecule has 0 spiro atoms. The predicted octanol–water partition coefficient (Wildman–Crippen LogP) is 5.66. The van der Waals surface area contributed by atoms with Gasteiger partial charge in [-0.15, -0.1) is 0 Å². The molecular formula is C21H15F3N2O3S. The number of anilines is 2. The van der Waals surface area contributed by atoms with Crippen LogP contribution in [0.4, 0.5) is 24.9 Å². The maximum atomic E-state index is 13.1. The maximum absolute atomic E-state index is 13.1. The van der Waals surface area contributed by atoms with Crippen LogP contribution in [-0.2, 0) is 16.0 Å². The third-order valence-corrected chi connectivity index (χ3v) is 5.54. The van der Waals surface area contributed by atoms with Crippen molar-refractivity contribution in [2.24, 2.45) is 0 Å². The van der Waals surface area contributed by atoms with Gasteiger partial charge in [-0.25, -0.2) is 8.42 Å². The third kappa shape index (κ3) is 4.02. The molecule has 0 amide bonds. The molecule has 154 valence electrons. The largest absolute Gasteiger partial charge is 0.423 e. The van der Waals surface area contributed by atoms with Crippen LogP contribution in [0.15, 0.2) is 76.0 Å². The third-order valence-electron chi connectivity index (χ3n) is 4.43. The number of hydrogen-bond donors (Lipinski definition) is 1. The molecule has 4 aromatic rings. The molecule has 4 rings (SSSR count). The first kappa shape index (κ1) is 20.0. The molecule has 1 heterocycles. The van der Waals surface area contributed by atoms with E-state index in [1.807, 2.05) is 0 Å². The molecule has 30 heavy (non-hydrogen) atoms. The van der Waals surface area contributed by atoms with Gasteiger partial charge in [-0.3, -0.25) is 0 Å². The van der Waals surface area contributed by atoms with E-state index in [0.29, 0.717) is 27.9 Å². The first-order valence-corrected chi connectivity index (χ1v) is 10.6. The van der Waals surface area contributed by atoms with Crippen LogP contribution >= 0.6 is 0 Å². The second kappa shape index (κ2) is 7.17. The van der Waals surface area contributed by atoms with Crippen molar-refractivity contribution >= 4 is 32.6 Å². The van der Waals surface area contributed by atoms with Gasteiger partial charge in [0.1, 0.15) is 5.52 Å². The van der Waals surface area contributed by atoms with E-state index < -0.39 is 21.6 Å². The van der Waals surface area contributed by atoms with Gasteiger partial charge in [0, 0.05) is 17.5 Å². The number of oxazole rings is 1. The second-order valence-electron chi connectivity index (χ2n) is 6.68. The maximum Gasteiger partial charge on any atom is 0.416 e. The number of nitrogens with zero attached hydrogens (tertiary/aromatic N) is 1. The van der Waals surface area contributed by atoms with Crippen LogP contribution in [0, 0.1) is 0 Å². The molecule has 1 aromatic heterocycles. The quantitative estimate of drug-likeness (QED) is 0.451. The highest BCUT2D eigenvalue weighted by Gasteiger charge is 2.30. The fraction of sp³-hybridized carbons (Fsp3) is 0.0952. The minimum Gasteiger partial charge on any atom is -0.423 e. The van der Waals surface area contributed by atoms with Crippen LogP contribution in [0.1, 0.15) is 5.56 Å². The lowest BCUT2D eigenvalue weighted by Crippen LogP contribution is -2.04. The van der Waals surface area contributed by atoms with Crippen LogP contribution in [0.5, 0.6) is 0 Å². The molecule has 0 aliphatic carbocycles. The van der Waals surface area contributed by atoms with E-state index in [1.165, 1.54) is 18.2 Å². The summed E-state index contributed by atoms with van der Waals surface area (Å²) in [5, 5.41) is 2.90. The van der Waals surface area contributed by atoms with E-state index in [9.17, 15) is 21.6 Å². The van der Waals surface area contributed by atoms with E-state index in [2.05, 4.69) is 10.3 Å². The Labute approximate surface area is 170 Å². The van der Waals surface area contributed by atoms with E-state index in [-0.39, 0.29) is 10.9 Å². The minimum absolute atomic E-state index is 0.0927. The van der Waals surface area contributed by atoms with Crippen LogP contribution < -0.4 is 5.32 Å². The van der Waals surface area contributed by atoms with Crippen LogP contribution in [-0.4, -0.2) is 19.7 Å². The second-order valence-corrected chi connectivity index (χ2v) is 8.69. The number of hydrogen-bond acceptors (Lipinski definition) is 5. The van der Waals surface area contributed by atoms with Crippen molar-refractivity contribution in [3.63, 3.8) is 0 Å². The predicted molar refractivity (Wildman–Crippen MR) is 107 cm³/mol. The van der Waals surface area contributed by atoms with Gasteiger partial charge >= 0.3 is 6.18 Å². The number of benzene rings is 3. The van der Waals surface area contributed by atoms with Gasteiger partial charge < -0.3 is 9.73 Å². The summed E-state index contributed by atoms with van der Waals surface area (Å²) >= 11 is 0. The van der Waals surface area contributed by atoms with E-state index in [1.54, 1.807) is 36.4 Å². The summed E-state index contributed by atoms with van der Waals surface area (Å²) in [6.45, 7) is 0. The number of alkyl halides is 3. The van der Waals surface area contributed by atoms with E-state index in [4.69, 9.17) is 4.42 Å². The Bertz CT molecular complexity index is 1350. The molecule has 0 aliphatic heterocycles. The lowest BCUT2D eigenvalue weighted by Gasteiger charge is -2.09. The summed E-state index contributed by atoms with van der Waals surface area (Å²) in [5.41, 5.74) is 1.27. The number of aromatic nitrogens is 1. The van der Waals surface area contributed by atoms with Gasteiger partial charge in [-0.2, -0.15) is 18.2 Å². The molecule has 0 saturated carbocycles. The van der Waals surface area contributed by atoms with Crippen LogP contribution in [0.3, 0.4) is 0 Å². The fourth-order valence-electron chi connectivity index (χ4n) is 3.02. The van der Waals surface area contributed by atoms with Crippen molar-refractivity contribution in [3.8, 4) is 11.1 Å². The van der Waals surface area contributed by atoms with Crippen LogP contribution in [0.25, 0.3) is 22.2 Å². The fourth-order valence-corrected chi connectivity index (χ4v) is 3.69. The van der Waals surface area contributed by atoms with Gasteiger partial charge in [0.15, 0.2) is 15.4 Å². The summed E-state index contributed by atoms with van der Waals surface area (Å²) in [4.78, 5) is 4.44. The molecular weight excluding hydrogens is 417 g/mol. The van der Waals surface area contributed by atoms with Crippen LogP contribution in [0.2, 0.25) is 0 Å². The summed E-state index contributed by atoms with van der Waals surface area (Å²) in [6.07, 6.45) is -3.35. The Kier molecular flexibility index (Phi) is 4.77.